The number of nitrogens with zero attached hydrogens (tertiary/aromatic N) is 4. The van der Waals surface area contributed by atoms with Crippen LogP contribution in [0.2, 0.25) is 0 Å². The smallest absolute Gasteiger partial charge is 0.299 e. The van der Waals surface area contributed by atoms with Gasteiger partial charge >= 0.3 is 12.4 Å². The number of piperazine rings is 2. The van der Waals surface area contributed by atoms with Gasteiger partial charge in [-0.15, -0.1) is 0 Å². The minimum absolute atomic E-state index is 0.0425. The fourth-order valence-electron chi connectivity index (χ4n) is 7.21. The summed E-state index contributed by atoms with van der Waals surface area (Å²) in [6, 6.07) is 15.2. The molecule has 3 aliphatic rings. The van der Waals surface area contributed by atoms with E-state index >= 15 is 0 Å². The molecule has 0 radical (unpaired) electrons. The van der Waals surface area contributed by atoms with E-state index in [2.05, 4.69) is 9.80 Å². The van der Waals surface area contributed by atoms with Gasteiger partial charge in [-0.25, -0.2) is 0 Å². The van der Waals surface area contributed by atoms with Gasteiger partial charge in [0.15, 0.2) is 0 Å². The van der Waals surface area contributed by atoms with Gasteiger partial charge in [-0.2, -0.15) is 26.3 Å². The van der Waals surface area contributed by atoms with Gasteiger partial charge in [0.2, 0.25) is 0 Å². The molecule has 2 aromatic rings. The van der Waals surface area contributed by atoms with Crippen molar-refractivity contribution < 1.29 is 31.1 Å². The van der Waals surface area contributed by atoms with Gasteiger partial charge in [-0.05, 0) is 24.0 Å². The average Bonchev–Trinajstić information content (AvgIpc) is 2.97. The highest BCUT2D eigenvalue weighted by Crippen LogP contribution is 2.43. The van der Waals surface area contributed by atoms with Crippen LogP contribution in [0.3, 0.4) is 0 Å². The number of halogens is 6. The molecule has 5 nitrogen and oxygen atoms in total. The molecular weight excluding hydrogens is 570 g/mol. The molecule has 11 heteroatoms. The first-order valence-electron chi connectivity index (χ1n) is 15.2. The van der Waals surface area contributed by atoms with Crippen LogP contribution in [0.4, 0.5) is 26.3 Å². The quantitative estimate of drug-likeness (QED) is 0.370. The zero-order valence-electron chi connectivity index (χ0n) is 24.2. The molecule has 236 valence electrons. The van der Waals surface area contributed by atoms with Crippen LogP contribution in [0, 0.1) is 11.8 Å². The number of alkyl halides is 6. The van der Waals surface area contributed by atoms with E-state index in [9.17, 15) is 31.1 Å². The van der Waals surface area contributed by atoms with Gasteiger partial charge in [-0.1, -0.05) is 67.1 Å². The molecule has 4 unspecified atom stereocenters. The second-order valence-electron chi connectivity index (χ2n) is 12.1. The van der Waals surface area contributed by atoms with Gasteiger partial charge in [0.05, 0.1) is 0 Å². The Labute approximate surface area is 249 Å². The van der Waals surface area contributed by atoms with E-state index < -0.39 is 42.1 Å². The molecule has 0 aromatic heterocycles. The molecule has 4 atom stereocenters. The number of carbonyl (C=O) groups is 1. The molecule has 43 heavy (non-hydrogen) atoms. The molecule has 0 N–H and O–H groups in total. The third-order valence-corrected chi connectivity index (χ3v) is 9.29. The van der Waals surface area contributed by atoms with Crippen molar-refractivity contribution in [1.29, 1.82) is 0 Å². The Morgan fingerprint density at radius 2 is 0.930 bits per heavy atom. The van der Waals surface area contributed by atoms with E-state index in [-0.39, 0.29) is 45.4 Å². The summed E-state index contributed by atoms with van der Waals surface area (Å²) in [5, 5.41) is 0. The lowest BCUT2D eigenvalue weighted by Crippen LogP contribution is -2.63. The first-order chi connectivity index (χ1) is 20.5. The molecule has 5 rings (SSSR count). The van der Waals surface area contributed by atoms with E-state index in [1.807, 2.05) is 60.7 Å². The standard InChI is InChI=1S/C32H40F6N4O/c33-31(34,35)29(41-18-14-39(15-19-41)22-24-8-3-1-4-9-24)26-12-7-13-27(28(26)43)30(32(36,37)38)42-20-16-40(17-21-42)23-25-10-5-2-6-11-25/h1-6,8-11,26-27,29-30H,7,12-23H2. The van der Waals surface area contributed by atoms with Crippen molar-refractivity contribution in [1.82, 2.24) is 19.6 Å². The Balaban J connectivity index is 1.26. The highest BCUT2D eigenvalue weighted by molar-refractivity contribution is 5.85. The minimum Gasteiger partial charge on any atom is -0.299 e. The van der Waals surface area contributed by atoms with Crippen LogP contribution in [-0.4, -0.2) is 102 Å². The number of carbonyl (C=O) groups excluding carboxylic acids is 1. The number of benzene rings is 2. The SMILES string of the molecule is O=C1C(C(N2CCN(Cc3ccccc3)CC2)C(F)(F)F)CCCC1C(N1CCN(Cc2ccccc2)CC1)C(F)(F)F. The van der Waals surface area contributed by atoms with Crippen LogP contribution in [0.25, 0.3) is 0 Å². The molecule has 2 aromatic carbocycles. The Bertz CT molecular complexity index is 1070. The minimum atomic E-state index is -4.72. The van der Waals surface area contributed by atoms with Gasteiger partial charge in [0, 0.05) is 77.3 Å². The summed E-state index contributed by atoms with van der Waals surface area (Å²) in [4.78, 5) is 20.4. The highest BCUT2D eigenvalue weighted by Gasteiger charge is 2.57. The predicted molar refractivity (Wildman–Crippen MR) is 152 cm³/mol. The summed E-state index contributed by atoms with van der Waals surface area (Å²) in [5.41, 5.74) is 2.13. The monoisotopic (exact) mass is 610 g/mol. The molecule has 3 fully saturated rings. The first-order valence-corrected chi connectivity index (χ1v) is 15.2. The number of Topliss-reactive ketones (excluding diaryl/α,β-unsaturated/α-hetero) is 1. The summed E-state index contributed by atoms with van der Waals surface area (Å²) in [7, 11) is 0. The zero-order valence-corrected chi connectivity index (χ0v) is 24.2. The van der Waals surface area contributed by atoms with Crippen LogP contribution >= 0.6 is 0 Å². The van der Waals surface area contributed by atoms with Crippen molar-refractivity contribution in [2.75, 3.05) is 52.4 Å². The van der Waals surface area contributed by atoms with E-state index in [0.717, 1.165) is 11.1 Å². The Kier molecular flexibility index (Phi) is 10.2. The van der Waals surface area contributed by atoms with Gasteiger partial charge in [0.25, 0.3) is 0 Å². The number of ketones is 1. The van der Waals surface area contributed by atoms with Crippen molar-refractivity contribution in [3.63, 3.8) is 0 Å². The van der Waals surface area contributed by atoms with Gasteiger partial charge in [0.1, 0.15) is 17.9 Å². The van der Waals surface area contributed by atoms with Crippen molar-refractivity contribution in [2.24, 2.45) is 11.8 Å². The summed E-state index contributed by atoms with van der Waals surface area (Å²) in [6.07, 6.45) is -9.36. The topological polar surface area (TPSA) is 30.0 Å². The lowest BCUT2D eigenvalue weighted by molar-refractivity contribution is -0.217. The first kappa shape index (κ1) is 31.9. The summed E-state index contributed by atoms with van der Waals surface area (Å²) < 4.78 is 87.6. The van der Waals surface area contributed by atoms with Gasteiger partial charge in [-0.3, -0.25) is 24.4 Å². The Hall–Kier alpha value is -2.47. The highest BCUT2D eigenvalue weighted by atomic mass is 19.4. The van der Waals surface area contributed by atoms with Crippen LogP contribution in [0.1, 0.15) is 30.4 Å². The maximum absolute atomic E-state index is 14.6. The van der Waals surface area contributed by atoms with Gasteiger partial charge < -0.3 is 0 Å². The lowest BCUT2D eigenvalue weighted by atomic mass is 9.72. The third-order valence-electron chi connectivity index (χ3n) is 9.29. The molecule has 2 saturated heterocycles. The van der Waals surface area contributed by atoms with Crippen molar-refractivity contribution in [3.05, 3.63) is 71.8 Å². The summed E-state index contributed by atoms with van der Waals surface area (Å²) in [6.45, 7) is 3.23. The fourth-order valence-corrected chi connectivity index (χ4v) is 7.21. The summed E-state index contributed by atoms with van der Waals surface area (Å²) in [5.74, 6) is -3.87. The maximum Gasteiger partial charge on any atom is 0.404 e. The predicted octanol–water partition coefficient (Wildman–Crippen LogP) is 5.47. The fraction of sp³-hybridized carbons (Fsp3) is 0.594. The maximum atomic E-state index is 14.6. The second-order valence-corrected chi connectivity index (χ2v) is 12.1. The normalized spacial score (nSPS) is 25.5. The van der Waals surface area contributed by atoms with E-state index in [1.54, 1.807) is 0 Å². The van der Waals surface area contributed by atoms with Crippen molar-refractivity contribution in [2.45, 2.75) is 56.8 Å². The largest absolute Gasteiger partial charge is 0.404 e. The number of hydrogen-bond donors (Lipinski definition) is 0. The van der Waals surface area contributed by atoms with Crippen LogP contribution in [-0.2, 0) is 17.9 Å². The molecule has 0 bridgehead atoms. The molecule has 2 aliphatic heterocycles. The molecular formula is C32H40F6N4O. The van der Waals surface area contributed by atoms with E-state index in [1.165, 1.54) is 9.80 Å². The van der Waals surface area contributed by atoms with E-state index in [0.29, 0.717) is 39.3 Å². The van der Waals surface area contributed by atoms with Crippen LogP contribution in [0.15, 0.2) is 60.7 Å². The third kappa shape index (κ3) is 7.98. The van der Waals surface area contributed by atoms with Crippen molar-refractivity contribution in [3.8, 4) is 0 Å². The molecule has 0 amide bonds. The Morgan fingerprint density at radius 1 is 0.581 bits per heavy atom. The molecule has 2 heterocycles. The lowest BCUT2D eigenvalue weighted by Gasteiger charge is -2.47. The number of rotatable bonds is 8. The summed E-state index contributed by atoms with van der Waals surface area (Å²) >= 11 is 0. The number of hydrogen-bond acceptors (Lipinski definition) is 5. The van der Waals surface area contributed by atoms with Crippen LogP contribution in [0.5, 0.6) is 0 Å². The van der Waals surface area contributed by atoms with Crippen molar-refractivity contribution >= 4 is 5.78 Å². The van der Waals surface area contributed by atoms with Crippen LogP contribution < -0.4 is 0 Å². The average molecular weight is 611 g/mol. The van der Waals surface area contributed by atoms with E-state index in [4.69, 9.17) is 0 Å². The molecule has 1 saturated carbocycles. The Morgan fingerprint density at radius 3 is 1.26 bits per heavy atom. The molecule has 1 aliphatic carbocycles. The zero-order chi connectivity index (χ0) is 30.6. The molecule has 0 spiro atoms. The second kappa shape index (κ2) is 13.7.